The molecule has 0 aliphatic rings. The van der Waals surface area contributed by atoms with E-state index in [0.29, 0.717) is 12.6 Å². The maximum absolute atomic E-state index is 8.99. The quantitative estimate of drug-likeness (QED) is 0.870. The van der Waals surface area contributed by atoms with E-state index >= 15 is 0 Å². The van der Waals surface area contributed by atoms with E-state index in [1.54, 1.807) is 0 Å². The Labute approximate surface area is 114 Å². The number of nitrogens with zero attached hydrogens (tertiary/aromatic N) is 2. The summed E-state index contributed by atoms with van der Waals surface area (Å²) in [6.07, 6.45) is 1.54. The molecule has 1 heterocycles. The Balaban J connectivity index is 2.46. The maximum Gasteiger partial charge on any atom is 0.121 e. The molecular formula is C15H22N2O2. The molecule has 1 N–H and O–H groups in total. The minimum Gasteiger partial charge on any atom is -0.494 e. The van der Waals surface area contributed by atoms with E-state index in [0.717, 1.165) is 35.4 Å². The van der Waals surface area contributed by atoms with E-state index in [1.807, 2.05) is 19.1 Å². The molecule has 0 aliphatic carbocycles. The lowest BCUT2D eigenvalue weighted by Gasteiger charge is -2.12. The lowest BCUT2D eigenvalue weighted by atomic mass is 10.2. The van der Waals surface area contributed by atoms with E-state index in [-0.39, 0.29) is 6.61 Å². The molecule has 0 saturated heterocycles. The van der Waals surface area contributed by atoms with Gasteiger partial charge in [-0.3, -0.25) is 0 Å². The minimum atomic E-state index is 0.200. The molecule has 104 valence electrons. The smallest absolute Gasteiger partial charge is 0.121 e. The molecule has 4 nitrogen and oxygen atoms in total. The van der Waals surface area contributed by atoms with E-state index in [2.05, 4.69) is 29.5 Å². The van der Waals surface area contributed by atoms with Crippen LogP contribution in [0.2, 0.25) is 0 Å². The molecular weight excluding hydrogens is 240 g/mol. The number of fused-ring (bicyclic) bond motifs is 1. The van der Waals surface area contributed by atoms with E-state index < -0.39 is 0 Å². The molecule has 2 aromatic rings. The highest BCUT2D eigenvalue weighted by Gasteiger charge is 2.13. The number of rotatable bonds is 6. The van der Waals surface area contributed by atoms with Crippen LogP contribution in [0.5, 0.6) is 5.75 Å². The van der Waals surface area contributed by atoms with Crippen LogP contribution in [0, 0.1) is 0 Å². The third kappa shape index (κ3) is 2.89. The highest BCUT2D eigenvalue weighted by Crippen LogP contribution is 2.25. The number of hydrogen-bond acceptors (Lipinski definition) is 3. The first-order valence-corrected chi connectivity index (χ1v) is 6.92. The Kier molecular flexibility index (Phi) is 4.43. The van der Waals surface area contributed by atoms with Crippen LogP contribution in [-0.2, 0) is 6.42 Å². The van der Waals surface area contributed by atoms with Crippen LogP contribution >= 0.6 is 0 Å². The van der Waals surface area contributed by atoms with Crippen LogP contribution in [-0.4, -0.2) is 27.9 Å². The number of imidazole rings is 1. The van der Waals surface area contributed by atoms with Gasteiger partial charge in [0.2, 0.25) is 0 Å². The van der Waals surface area contributed by atoms with Crippen LogP contribution in [0.25, 0.3) is 11.0 Å². The molecule has 4 heteroatoms. The second kappa shape index (κ2) is 6.06. The Bertz CT molecular complexity index is 546. The zero-order chi connectivity index (χ0) is 13.8. The number of aromatic nitrogens is 2. The first kappa shape index (κ1) is 13.9. The molecule has 1 aromatic heterocycles. The van der Waals surface area contributed by atoms with Gasteiger partial charge in [0.05, 0.1) is 17.6 Å². The maximum atomic E-state index is 8.99. The predicted molar refractivity (Wildman–Crippen MR) is 76.7 cm³/mol. The summed E-state index contributed by atoms with van der Waals surface area (Å²) >= 11 is 0. The number of aliphatic hydroxyl groups is 1. The van der Waals surface area contributed by atoms with E-state index in [9.17, 15) is 0 Å². The van der Waals surface area contributed by atoms with Crippen molar-refractivity contribution < 1.29 is 9.84 Å². The van der Waals surface area contributed by atoms with Crippen molar-refractivity contribution in [1.29, 1.82) is 0 Å². The summed E-state index contributed by atoms with van der Waals surface area (Å²) in [7, 11) is 0. The molecule has 2 rings (SSSR count). The highest BCUT2D eigenvalue weighted by molar-refractivity contribution is 5.78. The lowest BCUT2D eigenvalue weighted by molar-refractivity contribution is 0.286. The van der Waals surface area contributed by atoms with Crippen LogP contribution in [0.3, 0.4) is 0 Å². The summed E-state index contributed by atoms with van der Waals surface area (Å²) in [6.45, 7) is 7.14. The van der Waals surface area contributed by atoms with Gasteiger partial charge in [-0.2, -0.15) is 0 Å². The summed E-state index contributed by atoms with van der Waals surface area (Å²) in [5.74, 6) is 1.89. The average molecular weight is 262 g/mol. The fraction of sp³-hybridized carbons (Fsp3) is 0.533. The largest absolute Gasteiger partial charge is 0.494 e. The molecule has 0 atom stereocenters. The average Bonchev–Trinajstić information content (AvgIpc) is 2.74. The SMILES string of the molecule is CCOc1ccc2c(c1)nc(CCCO)n2C(C)C. The molecule has 1 aromatic carbocycles. The number of aryl methyl sites for hydroxylation is 1. The Morgan fingerprint density at radius 3 is 2.79 bits per heavy atom. The minimum absolute atomic E-state index is 0.200. The molecule has 0 bridgehead atoms. The highest BCUT2D eigenvalue weighted by atomic mass is 16.5. The van der Waals surface area contributed by atoms with Gasteiger partial charge in [0, 0.05) is 25.1 Å². The van der Waals surface area contributed by atoms with Crippen molar-refractivity contribution in [3.05, 3.63) is 24.0 Å². The number of hydrogen-bond donors (Lipinski definition) is 1. The molecule has 0 aliphatic heterocycles. The van der Waals surface area contributed by atoms with E-state index in [1.165, 1.54) is 0 Å². The normalized spacial score (nSPS) is 11.4. The summed E-state index contributed by atoms with van der Waals surface area (Å²) in [6, 6.07) is 6.40. The summed E-state index contributed by atoms with van der Waals surface area (Å²) in [4.78, 5) is 4.69. The van der Waals surface area contributed by atoms with Crippen LogP contribution < -0.4 is 4.74 Å². The van der Waals surface area contributed by atoms with E-state index in [4.69, 9.17) is 9.84 Å². The van der Waals surface area contributed by atoms with Crippen molar-refractivity contribution >= 4 is 11.0 Å². The molecule has 0 unspecified atom stereocenters. The fourth-order valence-electron chi connectivity index (χ4n) is 2.37. The lowest BCUT2D eigenvalue weighted by Crippen LogP contribution is -2.07. The van der Waals surface area contributed by atoms with Crippen molar-refractivity contribution in [2.75, 3.05) is 13.2 Å². The van der Waals surface area contributed by atoms with Gasteiger partial charge in [0.15, 0.2) is 0 Å². The zero-order valence-electron chi connectivity index (χ0n) is 11.9. The van der Waals surface area contributed by atoms with Gasteiger partial charge in [-0.05, 0) is 39.3 Å². The molecule has 0 amide bonds. The summed E-state index contributed by atoms with van der Waals surface area (Å²) < 4.78 is 7.75. The van der Waals surface area contributed by atoms with Crippen molar-refractivity contribution in [2.24, 2.45) is 0 Å². The second-order valence-electron chi connectivity index (χ2n) is 4.90. The number of benzene rings is 1. The van der Waals surface area contributed by atoms with Crippen LogP contribution in [0.1, 0.15) is 39.1 Å². The van der Waals surface area contributed by atoms with Gasteiger partial charge in [-0.25, -0.2) is 4.98 Å². The van der Waals surface area contributed by atoms with Gasteiger partial charge in [0.25, 0.3) is 0 Å². The molecule has 0 saturated carbocycles. The first-order valence-electron chi connectivity index (χ1n) is 6.92. The first-order chi connectivity index (χ1) is 9.17. The molecule has 0 fully saturated rings. The van der Waals surface area contributed by atoms with Crippen molar-refractivity contribution in [3.63, 3.8) is 0 Å². The Hall–Kier alpha value is -1.55. The van der Waals surface area contributed by atoms with Crippen molar-refractivity contribution in [3.8, 4) is 5.75 Å². The third-order valence-corrected chi connectivity index (χ3v) is 3.12. The Morgan fingerprint density at radius 2 is 2.16 bits per heavy atom. The van der Waals surface area contributed by atoms with Gasteiger partial charge in [0.1, 0.15) is 11.6 Å². The summed E-state index contributed by atoms with van der Waals surface area (Å²) in [5, 5.41) is 8.99. The molecule has 0 radical (unpaired) electrons. The Morgan fingerprint density at radius 1 is 1.37 bits per heavy atom. The number of aliphatic hydroxyl groups excluding tert-OH is 1. The predicted octanol–water partition coefficient (Wildman–Crippen LogP) is 2.94. The molecule has 19 heavy (non-hydrogen) atoms. The topological polar surface area (TPSA) is 47.3 Å². The van der Waals surface area contributed by atoms with Gasteiger partial charge in [-0.15, -0.1) is 0 Å². The van der Waals surface area contributed by atoms with Gasteiger partial charge < -0.3 is 14.4 Å². The second-order valence-corrected chi connectivity index (χ2v) is 4.90. The zero-order valence-corrected chi connectivity index (χ0v) is 11.9. The molecule has 0 spiro atoms. The third-order valence-electron chi connectivity index (χ3n) is 3.12. The van der Waals surface area contributed by atoms with Gasteiger partial charge >= 0.3 is 0 Å². The van der Waals surface area contributed by atoms with Crippen molar-refractivity contribution in [1.82, 2.24) is 9.55 Å². The number of ether oxygens (including phenoxy) is 1. The summed E-state index contributed by atoms with van der Waals surface area (Å²) in [5.41, 5.74) is 2.10. The van der Waals surface area contributed by atoms with Gasteiger partial charge in [-0.1, -0.05) is 0 Å². The van der Waals surface area contributed by atoms with Crippen LogP contribution in [0.4, 0.5) is 0 Å². The monoisotopic (exact) mass is 262 g/mol. The van der Waals surface area contributed by atoms with Crippen molar-refractivity contribution in [2.45, 2.75) is 39.7 Å². The fourth-order valence-corrected chi connectivity index (χ4v) is 2.37. The standard InChI is InChI=1S/C15H22N2O2/c1-4-19-12-7-8-14-13(10-12)16-15(6-5-9-18)17(14)11(2)3/h7-8,10-11,18H,4-6,9H2,1-3H3. The van der Waals surface area contributed by atoms with Crippen LogP contribution in [0.15, 0.2) is 18.2 Å².